The van der Waals surface area contributed by atoms with Crippen LogP contribution in [0.25, 0.3) is 0 Å². The molecule has 10 heavy (non-hydrogen) atoms. The summed E-state index contributed by atoms with van der Waals surface area (Å²) in [6, 6.07) is 10.2. The van der Waals surface area contributed by atoms with Gasteiger partial charge in [-0.3, -0.25) is 0 Å². The Balaban J connectivity index is 2.43. The van der Waals surface area contributed by atoms with Gasteiger partial charge in [-0.05, 0) is 11.3 Å². The van der Waals surface area contributed by atoms with Gasteiger partial charge in [0.1, 0.15) is 0 Å². The van der Waals surface area contributed by atoms with Crippen molar-refractivity contribution in [2.75, 3.05) is 5.75 Å². The first-order valence-corrected chi connectivity index (χ1v) is 4.35. The lowest BCUT2D eigenvalue weighted by Gasteiger charge is -1.94. The Morgan fingerprint density at radius 1 is 1.30 bits per heavy atom. The van der Waals surface area contributed by atoms with Gasteiger partial charge in [0.25, 0.3) is 0 Å². The zero-order valence-corrected chi connectivity index (χ0v) is 6.82. The molecule has 0 aliphatic carbocycles. The molecule has 0 saturated carbocycles. The SMILES string of the molecule is CCS[C]c1ccccc1. The summed E-state index contributed by atoms with van der Waals surface area (Å²) < 4.78 is 0. The Hall–Kier alpha value is -0.430. The Morgan fingerprint density at radius 3 is 2.60 bits per heavy atom. The average molecular weight is 150 g/mol. The first-order valence-electron chi connectivity index (χ1n) is 3.36. The molecule has 0 spiro atoms. The van der Waals surface area contributed by atoms with Crippen molar-refractivity contribution in [3.8, 4) is 0 Å². The molecule has 0 aromatic heterocycles. The molecular formula is C9H10S. The van der Waals surface area contributed by atoms with Crippen LogP contribution in [0.5, 0.6) is 0 Å². The molecule has 0 atom stereocenters. The van der Waals surface area contributed by atoms with Crippen LogP contribution in [0.4, 0.5) is 0 Å². The molecule has 0 amide bonds. The molecule has 0 bridgehead atoms. The van der Waals surface area contributed by atoms with Crippen LogP contribution < -0.4 is 0 Å². The largest absolute Gasteiger partial charge is 0.147 e. The number of thioether (sulfide) groups is 1. The minimum atomic E-state index is 1.09. The molecule has 52 valence electrons. The molecule has 1 rings (SSSR count). The Kier molecular flexibility index (Phi) is 3.37. The second kappa shape index (κ2) is 4.40. The minimum absolute atomic E-state index is 1.09. The fourth-order valence-corrected chi connectivity index (χ4v) is 1.11. The number of hydrogen-bond donors (Lipinski definition) is 0. The molecule has 0 heterocycles. The second-order valence-corrected chi connectivity index (χ2v) is 2.97. The average Bonchev–Trinajstić information content (AvgIpc) is 2.03. The summed E-state index contributed by atoms with van der Waals surface area (Å²) in [5.74, 6) is 4.30. The zero-order chi connectivity index (χ0) is 7.23. The van der Waals surface area contributed by atoms with E-state index >= 15 is 0 Å². The van der Waals surface area contributed by atoms with Crippen LogP contribution in [0.1, 0.15) is 12.5 Å². The van der Waals surface area contributed by atoms with Gasteiger partial charge in [0.05, 0.1) is 5.75 Å². The fourth-order valence-electron chi connectivity index (χ4n) is 0.662. The van der Waals surface area contributed by atoms with Gasteiger partial charge in [-0.1, -0.05) is 37.3 Å². The molecule has 1 aromatic rings. The van der Waals surface area contributed by atoms with E-state index in [1.165, 1.54) is 5.56 Å². The summed E-state index contributed by atoms with van der Waals surface area (Å²) in [6.45, 7) is 2.13. The van der Waals surface area contributed by atoms with E-state index in [4.69, 9.17) is 0 Å². The van der Waals surface area contributed by atoms with Crippen LogP contribution in [0, 0.1) is 5.75 Å². The third-order valence-corrected chi connectivity index (χ3v) is 1.78. The predicted octanol–water partition coefficient (Wildman–Crippen LogP) is 2.83. The molecule has 0 nitrogen and oxygen atoms in total. The third-order valence-electron chi connectivity index (χ3n) is 1.11. The highest BCUT2D eigenvalue weighted by atomic mass is 32.2. The molecule has 1 aromatic carbocycles. The van der Waals surface area contributed by atoms with E-state index in [2.05, 4.69) is 24.8 Å². The van der Waals surface area contributed by atoms with Crippen LogP contribution in [0.2, 0.25) is 0 Å². The molecule has 0 unspecified atom stereocenters. The van der Waals surface area contributed by atoms with Crippen molar-refractivity contribution in [1.82, 2.24) is 0 Å². The molecular weight excluding hydrogens is 140 g/mol. The van der Waals surface area contributed by atoms with Gasteiger partial charge in [0, 0.05) is 0 Å². The first-order chi connectivity index (χ1) is 4.93. The molecule has 0 aliphatic heterocycles. The standard InChI is InChI=1S/C9H10S/c1-2-10-8-9-6-4-3-5-7-9/h3-7H,2H2,1H3. The second-order valence-electron chi connectivity index (χ2n) is 1.90. The summed E-state index contributed by atoms with van der Waals surface area (Å²) in [6.07, 6.45) is 0. The third kappa shape index (κ3) is 2.44. The summed E-state index contributed by atoms with van der Waals surface area (Å²) in [7, 11) is 0. The highest BCUT2D eigenvalue weighted by molar-refractivity contribution is 8.01. The lowest BCUT2D eigenvalue weighted by molar-refractivity contribution is 1.52. The Morgan fingerprint density at radius 2 is 2.00 bits per heavy atom. The van der Waals surface area contributed by atoms with E-state index in [1.807, 2.05) is 18.2 Å². The quantitative estimate of drug-likeness (QED) is 0.638. The van der Waals surface area contributed by atoms with E-state index in [0.717, 1.165) is 5.75 Å². The Bertz CT molecular complexity index is 169. The van der Waals surface area contributed by atoms with E-state index in [0.29, 0.717) is 0 Å². The summed E-state index contributed by atoms with van der Waals surface area (Å²) >= 11 is 1.71. The van der Waals surface area contributed by atoms with E-state index in [-0.39, 0.29) is 0 Å². The number of rotatable bonds is 3. The van der Waals surface area contributed by atoms with E-state index in [9.17, 15) is 0 Å². The van der Waals surface area contributed by atoms with Crippen molar-refractivity contribution in [1.29, 1.82) is 0 Å². The lowest BCUT2D eigenvalue weighted by Crippen LogP contribution is -1.75. The molecule has 0 fully saturated rings. The van der Waals surface area contributed by atoms with Crippen molar-refractivity contribution in [2.45, 2.75) is 6.92 Å². The topological polar surface area (TPSA) is 0 Å². The summed E-state index contributed by atoms with van der Waals surface area (Å²) in [5, 5.41) is 0. The minimum Gasteiger partial charge on any atom is -0.147 e. The van der Waals surface area contributed by atoms with Gasteiger partial charge in [-0.15, -0.1) is 11.8 Å². The van der Waals surface area contributed by atoms with Gasteiger partial charge < -0.3 is 0 Å². The van der Waals surface area contributed by atoms with Gasteiger partial charge >= 0.3 is 0 Å². The molecule has 0 saturated heterocycles. The number of benzene rings is 1. The maximum atomic E-state index is 3.21. The first kappa shape index (κ1) is 7.67. The maximum Gasteiger partial charge on any atom is 0.0817 e. The van der Waals surface area contributed by atoms with Crippen molar-refractivity contribution in [3.63, 3.8) is 0 Å². The molecule has 2 radical (unpaired) electrons. The number of hydrogen-bond acceptors (Lipinski definition) is 1. The smallest absolute Gasteiger partial charge is 0.0817 e. The van der Waals surface area contributed by atoms with Crippen LogP contribution in [-0.4, -0.2) is 5.75 Å². The predicted molar refractivity (Wildman–Crippen MR) is 46.9 cm³/mol. The van der Waals surface area contributed by atoms with Crippen LogP contribution in [0.15, 0.2) is 30.3 Å². The summed E-state index contributed by atoms with van der Waals surface area (Å²) in [4.78, 5) is 0. The highest BCUT2D eigenvalue weighted by Gasteiger charge is 1.89. The Labute approximate surface area is 66.6 Å². The normalized spacial score (nSPS) is 9.70. The van der Waals surface area contributed by atoms with Gasteiger partial charge in [0.15, 0.2) is 0 Å². The maximum absolute atomic E-state index is 3.21. The molecule has 1 heteroatoms. The zero-order valence-electron chi connectivity index (χ0n) is 6.00. The van der Waals surface area contributed by atoms with Gasteiger partial charge in [-0.25, -0.2) is 0 Å². The van der Waals surface area contributed by atoms with Crippen molar-refractivity contribution >= 4 is 11.8 Å². The monoisotopic (exact) mass is 150 g/mol. The van der Waals surface area contributed by atoms with Crippen molar-refractivity contribution < 1.29 is 0 Å². The van der Waals surface area contributed by atoms with Crippen LogP contribution >= 0.6 is 11.8 Å². The van der Waals surface area contributed by atoms with E-state index < -0.39 is 0 Å². The fraction of sp³-hybridized carbons (Fsp3) is 0.222. The summed E-state index contributed by atoms with van der Waals surface area (Å²) in [5.41, 5.74) is 1.18. The van der Waals surface area contributed by atoms with Crippen molar-refractivity contribution in [2.24, 2.45) is 0 Å². The molecule has 0 aliphatic rings. The van der Waals surface area contributed by atoms with E-state index in [1.54, 1.807) is 11.8 Å². The van der Waals surface area contributed by atoms with Crippen molar-refractivity contribution in [3.05, 3.63) is 41.6 Å². The van der Waals surface area contributed by atoms with Gasteiger partial charge in [-0.2, -0.15) is 0 Å². The van der Waals surface area contributed by atoms with Crippen LogP contribution in [-0.2, 0) is 0 Å². The van der Waals surface area contributed by atoms with Gasteiger partial charge in [0.2, 0.25) is 0 Å². The van der Waals surface area contributed by atoms with Crippen LogP contribution in [0.3, 0.4) is 0 Å². The highest BCUT2D eigenvalue weighted by Crippen LogP contribution is 2.12. The molecule has 0 N–H and O–H groups in total. The lowest BCUT2D eigenvalue weighted by atomic mass is 10.2.